The van der Waals surface area contributed by atoms with Crippen molar-refractivity contribution in [3.63, 3.8) is 0 Å². The van der Waals surface area contributed by atoms with Gasteiger partial charge in [0.25, 0.3) is 5.91 Å². The van der Waals surface area contributed by atoms with Crippen LogP contribution in [0, 0.1) is 0 Å². The molecule has 1 aromatic heterocycles. The Hall–Kier alpha value is -2.19. The molecular formula is C15H22N4O4. The molecule has 8 heteroatoms. The number of aliphatic hydroxyl groups excluding tert-OH is 1. The van der Waals surface area contributed by atoms with Gasteiger partial charge in [0.2, 0.25) is 0 Å². The summed E-state index contributed by atoms with van der Waals surface area (Å²) in [5.74, 6) is -0.171. The summed E-state index contributed by atoms with van der Waals surface area (Å²) in [6.07, 6.45) is 1.54. The molecule has 1 unspecified atom stereocenters. The summed E-state index contributed by atoms with van der Waals surface area (Å²) in [5.41, 5.74) is 1.08. The predicted molar refractivity (Wildman–Crippen MR) is 82.9 cm³/mol. The molecule has 1 fully saturated rings. The first-order valence-corrected chi connectivity index (χ1v) is 7.42. The van der Waals surface area contributed by atoms with Crippen LogP contribution in [0.15, 0.2) is 18.3 Å². The van der Waals surface area contributed by atoms with E-state index in [-0.39, 0.29) is 31.1 Å². The molecule has 0 aliphatic carbocycles. The maximum absolute atomic E-state index is 12.6. The summed E-state index contributed by atoms with van der Waals surface area (Å²) in [7, 11) is 3.30. The lowest BCUT2D eigenvalue weighted by Crippen LogP contribution is -2.50. The Morgan fingerprint density at radius 3 is 3.00 bits per heavy atom. The van der Waals surface area contributed by atoms with Gasteiger partial charge in [-0.2, -0.15) is 0 Å². The molecule has 0 saturated carbocycles. The van der Waals surface area contributed by atoms with Crippen molar-refractivity contribution in [3.8, 4) is 0 Å². The Labute approximate surface area is 135 Å². The lowest BCUT2D eigenvalue weighted by atomic mass is 10.1. The monoisotopic (exact) mass is 322 g/mol. The van der Waals surface area contributed by atoms with Gasteiger partial charge in [-0.3, -0.25) is 9.78 Å². The average molecular weight is 322 g/mol. The fourth-order valence-corrected chi connectivity index (χ4v) is 2.27. The number of aliphatic hydroxyl groups is 1. The van der Waals surface area contributed by atoms with Crippen molar-refractivity contribution in [1.29, 1.82) is 0 Å². The van der Waals surface area contributed by atoms with Crippen molar-refractivity contribution in [2.45, 2.75) is 12.6 Å². The fourth-order valence-electron chi connectivity index (χ4n) is 2.27. The molecule has 1 saturated heterocycles. The molecule has 23 heavy (non-hydrogen) atoms. The molecular weight excluding hydrogens is 300 g/mol. The third kappa shape index (κ3) is 4.40. The standard InChI is InChI=1S/C15H22N4O4/c1-18(2)15(22)17-8-12-7-11(3-4-16-12)14(21)19-5-6-23-10-13(19)9-20/h3-4,7,13,20H,5-6,8-10H2,1-2H3,(H,17,22). The number of ether oxygens (including phenoxy) is 1. The van der Waals surface area contributed by atoms with Gasteiger partial charge < -0.3 is 25.0 Å². The number of aromatic nitrogens is 1. The summed E-state index contributed by atoms with van der Waals surface area (Å²) in [6.45, 7) is 1.34. The molecule has 0 radical (unpaired) electrons. The van der Waals surface area contributed by atoms with Gasteiger partial charge in [0.15, 0.2) is 0 Å². The van der Waals surface area contributed by atoms with Gasteiger partial charge in [0.1, 0.15) is 0 Å². The van der Waals surface area contributed by atoms with Crippen LogP contribution >= 0.6 is 0 Å². The number of morpholine rings is 1. The second-order valence-corrected chi connectivity index (χ2v) is 5.50. The summed E-state index contributed by atoms with van der Waals surface area (Å²) in [4.78, 5) is 31.3. The molecule has 8 nitrogen and oxygen atoms in total. The molecule has 2 rings (SSSR count). The number of carbonyl (C=O) groups excluding carboxylic acids is 2. The van der Waals surface area contributed by atoms with E-state index in [4.69, 9.17) is 4.74 Å². The quantitative estimate of drug-likeness (QED) is 0.793. The zero-order valence-electron chi connectivity index (χ0n) is 13.4. The zero-order valence-corrected chi connectivity index (χ0v) is 13.4. The average Bonchev–Trinajstić information content (AvgIpc) is 2.59. The van der Waals surface area contributed by atoms with Crippen molar-refractivity contribution in [1.82, 2.24) is 20.1 Å². The van der Waals surface area contributed by atoms with Gasteiger partial charge in [0, 0.05) is 32.4 Å². The number of pyridine rings is 1. The molecule has 1 aliphatic heterocycles. The Balaban J connectivity index is 2.06. The molecule has 0 spiro atoms. The van der Waals surface area contributed by atoms with E-state index in [0.29, 0.717) is 31.0 Å². The van der Waals surface area contributed by atoms with E-state index in [1.165, 1.54) is 4.90 Å². The van der Waals surface area contributed by atoms with E-state index in [2.05, 4.69) is 10.3 Å². The van der Waals surface area contributed by atoms with E-state index in [1.54, 1.807) is 37.3 Å². The topological polar surface area (TPSA) is 95.0 Å². The van der Waals surface area contributed by atoms with Crippen molar-refractivity contribution >= 4 is 11.9 Å². The molecule has 2 heterocycles. The summed E-state index contributed by atoms with van der Waals surface area (Å²) < 4.78 is 5.28. The van der Waals surface area contributed by atoms with Crippen LogP contribution in [0.5, 0.6) is 0 Å². The van der Waals surface area contributed by atoms with Gasteiger partial charge in [-0.15, -0.1) is 0 Å². The highest BCUT2D eigenvalue weighted by Crippen LogP contribution is 2.13. The lowest BCUT2D eigenvalue weighted by molar-refractivity contribution is -0.0184. The molecule has 0 bridgehead atoms. The number of hydrogen-bond acceptors (Lipinski definition) is 5. The molecule has 1 aromatic rings. The normalized spacial score (nSPS) is 17.7. The summed E-state index contributed by atoms with van der Waals surface area (Å²) >= 11 is 0. The second kappa shape index (κ2) is 7.89. The van der Waals surface area contributed by atoms with E-state index in [0.717, 1.165) is 0 Å². The van der Waals surface area contributed by atoms with Gasteiger partial charge in [-0.25, -0.2) is 4.79 Å². The highest BCUT2D eigenvalue weighted by atomic mass is 16.5. The highest BCUT2D eigenvalue weighted by molar-refractivity contribution is 5.94. The van der Waals surface area contributed by atoms with Gasteiger partial charge >= 0.3 is 6.03 Å². The first-order valence-electron chi connectivity index (χ1n) is 7.42. The predicted octanol–water partition coefficient (Wildman–Crippen LogP) is -0.314. The third-order valence-corrected chi connectivity index (χ3v) is 3.59. The molecule has 2 N–H and O–H groups in total. The molecule has 0 aromatic carbocycles. The number of hydrogen-bond donors (Lipinski definition) is 2. The van der Waals surface area contributed by atoms with E-state index >= 15 is 0 Å². The van der Waals surface area contributed by atoms with Crippen LogP contribution in [0.1, 0.15) is 16.1 Å². The van der Waals surface area contributed by atoms with Crippen LogP contribution < -0.4 is 5.32 Å². The van der Waals surface area contributed by atoms with Crippen molar-refractivity contribution in [3.05, 3.63) is 29.6 Å². The number of carbonyl (C=O) groups is 2. The van der Waals surface area contributed by atoms with Crippen molar-refractivity contribution in [2.24, 2.45) is 0 Å². The summed E-state index contributed by atoms with van der Waals surface area (Å²) in [5, 5.41) is 12.1. The van der Waals surface area contributed by atoms with E-state index in [9.17, 15) is 14.7 Å². The number of nitrogens with zero attached hydrogens (tertiary/aromatic N) is 3. The first kappa shape index (κ1) is 17.2. The number of amides is 3. The minimum Gasteiger partial charge on any atom is -0.394 e. The van der Waals surface area contributed by atoms with Crippen LogP contribution in [0.25, 0.3) is 0 Å². The Morgan fingerprint density at radius 2 is 2.30 bits per heavy atom. The number of nitrogens with one attached hydrogen (secondary N) is 1. The maximum atomic E-state index is 12.6. The maximum Gasteiger partial charge on any atom is 0.317 e. The Morgan fingerprint density at radius 1 is 1.52 bits per heavy atom. The van der Waals surface area contributed by atoms with Crippen molar-refractivity contribution < 1.29 is 19.4 Å². The second-order valence-electron chi connectivity index (χ2n) is 5.50. The van der Waals surface area contributed by atoms with Gasteiger partial charge in [0.05, 0.1) is 38.1 Å². The van der Waals surface area contributed by atoms with E-state index in [1.807, 2.05) is 0 Å². The van der Waals surface area contributed by atoms with E-state index < -0.39 is 0 Å². The highest BCUT2D eigenvalue weighted by Gasteiger charge is 2.27. The van der Waals surface area contributed by atoms with Crippen LogP contribution in [-0.2, 0) is 11.3 Å². The largest absolute Gasteiger partial charge is 0.394 e. The third-order valence-electron chi connectivity index (χ3n) is 3.59. The molecule has 1 aliphatic rings. The first-order chi connectivity index (χ1) is 11.0. The van der Waals surface area contributed by atoms with Crippen LogP contribution in [0.4, 0.5) is 4.79 Å². The van der Waals surface area contributed by atoms with Crippen molar-refractivity contribution in [2.75, 3.05) is 40.5 Å². The minimum absolute atomic E-state index is 0.136. The minimum atomic E-state index is -0.332. The van der Waals surface area contributed by atoms with Crippen LogP contribution in [0.2, 0.25) is 0 Å². The SMILES string of the molecule is CN(C)C(=O)NCc1cc(C(=O)N2CCOCC2CO)ccn1. The smallest absolute Gasteiger partial charge is 0.317 e. The molecule has 3 amide bonds. The van der Waals surface area contributed by atoms with Gasteiger partial charge in [-0.1, -0.05) is 0 Å². The molecule has 1 atom stereocenters. The lowest BCUT2D eigenvalue weighted by Gasteiger charge is -2.34. The Kier molecular flexibility index (Phi) is 5.89. The van der Waals surface area contributed by atoms with Crippen LogP contribution in [-0.4, -0.2) is 78.3 Å². The van der Waals surface area contributed by atoms with Crippen LogP contribution in [0.3, 0.4) is 0 Å². The Bertz CT molecular complexity index is 564. The number of rotatable bonds is 4. The number of urea groups is 1. The summed E-state index contributed by atoms with van der Waals surface area (Å²) in [6, 6.07) is 2.73. The molecule has 126 valence electrons. The fraction of sp³-hybridized carbons (Fsp3) is 0.533. The van der Waals surface area contributed by atoms with Gasteiger partial charge in [-0.05, 0) is 12.1 Å². The zero-order chi connectivity index (χ0) is 16.8.